The van der Waals surface area contributed by atoms with E-state index in [0.29, 0.717) is 0 Å². The van der Waals surface area contributed by atoms with Gasteiger partial charge >= 0.3 is 5.97 Å². The normalized spacial score (nSPS) is 10.4. The fraction of sp³-hybridized carbons (Fsp3) is 0. The Labute approximate surface area is 115 Å². The van der Waals surface area contributed by atoms with Gasteiger partial charge in [-0.1, -0.05) is 36.4 Å². The first kappa shape index (κ1) is 12.2. The predicted octanol–water partition coefficient (Wildman–Crippen LogP) is 3.24. The molecule has 1 aromatic heterocycles. The van der Waals surface area contributed by atoms with Gasteiger partial charge in [0.25, 0.3) is 0 Å². The van der Waals surface area contributed by atoms with Gasteiger partial charge in [0, 0.05) is 11.8 Å². The van der Waals surface area contributed by atoms with E-state index in [1.807, 2.05) is 48.7 Å². The first-order chi connectivity index (χ1) is 9.74. The second-order valence-electron chi connectivity index (χ2n) is 4.37. The van der Waals surface area contributed by atoms with E-state index in [1.165, 1.54) is 0 Å². The van der Waals surface area contributed by atoms with E-state index in [4.69, 9.17) is 5.11 Å². The molecule has 20 heavy (non-hydrogen) atoms. The van der Waals surface area contributed by atoms with Crippen LogP contribution >= 0.6 is 0 Å². The van der Waals surface area contributed by atoms with Crippen molar-refractivity contribution in [2.24, 2.45) is 0 Å². The fourth-order valence-electron chi connectivity index (χ4n) is 2.01. The number of hydrogen-bond donors (Lipinski definition) is 1. The lowest BCUT2D eigenvalue weighted by Crippen LogP contribution is -2.00. The first-order valence-electron chi connectivity index (χ1n) is 6.19. The molecule has 0 aliphatic heterocycles. The summed E-state index contributed by atoms with van der Waals surface area (Å²) < 4.78 is 1.68. The summed E-state index contributed by atoms with van der Waals surface area (Å²) in [7, 11) is 0. The third-order valence-electron chi connectivity index (χ3n) is 3.02. The van der Waals surface area contributed by atoms with Gasteiger partial charge in [-0.25, -0.2) is 9.48 Å². The van der Waals surface area contributed by atoms with E-state index >= 15 is 0 Å². The molecule has 4 nitrogen and oxygen atoms in total. The highest BCUT2D eigenvalue weighted by molar-refractivity contribution is 5.88. The number of carboxylic acid groups (broad SMARTS) is 1. The van der Waals surface area contributed by atoms with Crippen molar-refractivity contribution < 1.29 is 9.90 Å². The summed E-state index contributed by atoms with van der Waals surface area (Å²) in [6.45, 7) is 0. The Bertz CT molecular complexity index is 748. The Hall–Kier alpha value is -2.88. The lowest BCUT2D eigenvalue weighted by molar-refractivity contribution is 0.0697. The predicted molar refractivity (Wildman–Crippen MR) is 76.0 cm³/mol. The highest BCUT2D eigenvalue weighted by Crippen LogP contribution is 2.18. The van der Waals surface area contributed by atoms with Crippen LogP contribution < -0.4 is 0 Å². The average Bonchev–Trinajstić information content (AvgIpc) is 2.98. The lowest BCUT2D eigenvalue weighted by atomic mass is 10.2. The highest BCUT2D eigenvalue weighted by atomic mass is 16.4. The Morgan fingerprint density at radius 2 is 1.80 bits per heavy atom. The van der Waals surface area contributed by atoms with Crippen LogP contribution in [0.3, 0.4) is 0 Å². The summed E-state index contributed by atoms with van der Waals surface area (Å²) in [6.07, 6.45) is 1.82. The molecule has 0 aliphatic rings. The van der Waals surface area contributed by atoms with E-state index in [0.717, 1.165) is 16.9 Å². The molecule has 0 saturated heterocycles. The van der Waals surface area contributed by atoms with Gasteiger partial charge in [-0.3, -0.25) is 0 Å². The van der Waals surface area contributed by atoms with Crippen molar-refractivity contribution in [3.8, 4) is 16.9 Å². The topological polar surface area (TPSA) is 55.1 Å². The van der Waals surface area contributed by atoms with Crippen molar-refractivity contribution in [2.45, 2.75) is 0 Å². The molecule has 0 atom stereocenters. The van der Waals surface area contributed by atoms with E-state index in [2.05, 4.69) is 5.10 Å². The molecule has 98 valence electrons. The number of aromatic nitrogens is 2. The smallest absolute Gasteiger partial charge is 0.335 e. The molecule has 0 unspecified atom stereocenters. The third-order valence-corrected chi connectivity index (χ3v) is 3.02. The highest BCUT2D eigenvalue weighted by Gasteiger charge is 2.06. The Morgan fingerprint density at radius 1 is 1.00 bits per heavy atom. The lowest BCUT2D eigenvalue weighted by Gasteiger charge is -2.02. The maximum atomic E-state index is 11.0. The van der Waals surface area contributed by atoms with Gasteiger partial charge in [0.05, 0.1) is 16.9 Å². The van der Waals surface area contributed by atoms with Crippen LogP contribution in [0.4, 0.5) is 0 Å². The van der Waals surface area contributed by atoms with Crippen molar-refractivity contribution in [2.75, 3.05) is 0 Å². The standard InChI is InChI=1S/C16H12N2O2/c19-16(20)13-7-4-8-14(11-13)18-10-9-15(17-18)12-5-2-1-3-6-12/h1-11H,(H,19,20). The number of rotatable bonds is 3. The van der Waals surface area contributed by atoms with Gasteiger partial charge in [-0.15, -0.1) is 0 Å². The Balaban J connectivity index is 1.98. The molecule has 0 aliphatic carbocycles. The molecule has 0 saturated carbocycles. The van der Waals surface area contributed by atoms with Gasteiger partial charge in [-0.05, 0) is 24.3 Å². The first-order valence-corrected chi connectivity index (χ1v) is 6.19. The Kier molecular flexibility index (Phi) is 3.05. The van der Waals surface area contributed by atoms with Crippen LogP contribution in [0.25, 0.3) is 16.9 Å². The maximum Gasteiger partial charge on any atom is 0.335 e. The SMILES string of the molecule is O=C(O)c1cccc(-n2ccc(-c3ccccc3)n2)c1. The van der Waals surface area contributed by atoms with E-state index < -0.39 is 5.97 Å². The van der Waals surface area contributed by atoms with Crippen LogP contribution in [0.15, 0.2) is 66.9 Å². The summed E-state index contributed by atoms with van der Waals surface area (Å²) in [5.74, 6) is -0.942. The molecule has 0 bridgehead atoms. The van der Waals surface area contributed by atoms with Crippen molar-refractivity contribution in [1.82, 2.24) is 9.78 Å². The number of hydrogen-bond acceptors (Lipinski definition) is 2. The number of aromatic carboxylic acids is 1. The zero-order valence-corrected chi connectivity index (χ0v) is 10.6. The van der Waals surface area contributed by atoms with Gasteiger partial charge in [0.15, 0.2) is 0 Å². The van der Waals surface area contributed by atoms with E-state index in [9.17, 15) is 4.79 Å². The maximum absolute atomic E-state index is 11.0. The molecule has 4 heteroatoms. The van der Waals surface area contributed by atoms with Crippen LogP contribution in [-0.4, -0.2) is 20.9 Å². The largest absolute Gasteiger partial charge is 0.478 e. The Morgan fingerprint density at radius 3 is 2.55 bits per heavy atom. The quantitative estimate of drug-likeness (QED) is 0.790. The summed E-state index contributed by atoms with van der Waals surface area (Å²) in [5.41, 5.74) is 2.86. The zero-order chi connectivity index (χ0) is 13.9. The molecule has 0 fully saturated rings. The van der Waals surface area contributed by atoms with Crippen molar-refractivity contribution in [1.29, 1.82) is 0 Å². The molecule has 0 amide bonds. The van der Waals surface area contributed by atoms with Crippen molar-refractivity contribution >= 4 is 5.97 Å². The second kappa shape index (κ2) is 5.01. The fourth-order valence-corrected chi connectivity index (χ4v) is 2.01. The number of carboxylic acids is 1. The number of carbonyl (C=O) groups is 1. The van der Waals surface area contributed by atoms with E-state index in [-0.39, 0.29) is 5.56 Å². The summed E-state index contributed by atoms with van der Waals surface area (Å²) in [5, 5.41) is 13.5. The molecule has 3 rings (SSSR count). The molecule has 1 N–H and O–H groups in total. The van der Waals surface area contributed by atoms with Crippen LogP contribution in [-0.2, 0) is 0 Å². The van der Waals surface area contributed by atoms with Gasteiger partial charge in [0.2, 0.25) is 0 Å². The van der Waals surface area contributed by atoms with Gasteiger partial charge < -0.3 is 5.11 Å². The minimum absolute atomic E-state index is 0.249. The summed E-state index contributed by atoms with van der Waals surface area (Å²) in [4.78, 5) is 11.0. The molecule has 2 aromatic carbocycles. The second-order valence-corrected chi connectivity index (χ2v) is 4.37. The van der Waals surface area contributed by atoms with Gasteiger partial charge in [0.1, 0.15) is 0 Å². The van der Waals surface area contributed by atoms with Crippen molar-refractivity contribution in [3.05, 3.63) is 72.4 Å². The molecule has 0 radical (unpaired) electrons. The summed E-state index contributed by atoms with van der Waals surface area (Å²) >= 11 is 0. The number of benzene rings is 2. The van der Waals surface area contributed by atoms with E-state index in [1.54, 1.807) is 22.9 Å². The van der Waals surface area contributed by atoms with Crippen LogP contribution in [0.5, 0.6) is 0 Å². The molecule has 3 aromatic rings. The monoisotopic (exact) mass is 264 g/mol. The molecular formula is C16H12N2O2. The molecule has 1 heterocycles. The molecular weight excluding hydrogens is 252 g/mol. The zero-order valence-electron chi connectivity index (χ0n) is 10.6. The van der Waals surface area contributed by atoms with Crippen LogP contribution in [0.1, 0.15) is 10.4 Å². The number of nitrogens with zero attached hydrogens (tertiary/aromatic N) is 2. The van der Waals surface area contributed by atoms with Crippen LogP contribution in [0, 0.1) is 0 Å². The van der Waals surface area contributed by atoms with Crippen molar-refractivity contribution in [3.63, 3.8) is 0 Å². The molecule has 0 spiro atoms. The summed E-state index contributed by atoms with van der Waals surface area (Å²) in [6, 6.07) is 18.5. The third kappa shape index (κ3) is 2.31. The average molecular weight is 264 g/mol. The minimum atomic E-state index is -0.942. The minimum Gasteiger partial charge on any atom is -0.478 e. The van der Waals surface area contributed by atoms with Crippen LogP contribution in [0.2, 0.25) is 0 Å². The van der Waals surface area contributed by atoms with Gasteiger partial charge in [-0.2, -0.15) is 5.10 Å².